The van der Waals surface area contributed by atoms with Gasteiger partial charge in [0.2, 0.25) is 5.91 Å². The largest absolute Gasteiger partial charge is 0.394 e. The molecule has 1 aliphatic rings. The Morgan fingerprint density at radius 1 is 0.654 bits per heavy atom. The summed E-state index contributed by atoms with van der Waals surface area (Å²) < 4.78 is 11.2. The third-order valence-corrected chi connectivity index (χ3v) is 9.99. The van der Waals surface area contributed by atoms with Crippen molar-refractivity contribution < 1.29 is 39.8 Å². The Hall–Kier alpha value is -1.59. The minimum atomic E-state index is -1.57. The third-order valence-electron chi connectivity index (χ3n) is 9.99. The molecular formula is C43H79NO8. The summed E-state index contributed by atoms with van der Waals surface area (Å²) in [4.78, 5) is 12.9. The average molecular weight is 738 g/mol. The first kappa shape index (κ1) is 48.4. The Kier molecular flexibility index (Phi) is 31.6. The summed E-state index contributed by atoms with van der Waals surface area (Å²) in [6, 6.07) is -0.808. The number of nitrogens with one attached hydrogen (secondary N) is 1. The maximum absolute atomic E-state index is 12.9. The molecule has 1 amide bonds. The Bertz CT molecular complexity index is 910. The van der Waals surface area contributed by atoms with Crippen molar-refractivity contribution in [3.63, 3.8) is 0 Å². The zero-order chi connectivity index (χ0) is 38.1. The van der Waals surface area contributed by atoms with Gasteiger partial charge in [-0.25, -0.2) is 0 Å². The molecule has 0 aromatic heterocycles. The first-order valence-corrected chi connectivity index (χ1v) is 21.2. The number of carbonyl (C=O) groups excluding carboxylic acids is 1. The van der Waals surface area contributed by atoms with E-state index in [4.69, 9.17) is 9.47 Å². The van der Waals surface area contributed by atoms with Crippen LogP contribution in [0, 0.1) is 0 Å². The predicted octanol–water partition coefficient (Wildman–Crippen LogP) is 8.11. The molecule has 1 fully saturated rings. The van der Waals surface area contributed by atoms with Gasteiger partial charge in [-0.1, -0.05) is 159 Å². The summed E-state index contributed by atoms with van der Waals surface area (Å²) in [5.74, 6) is -0.191. The number of aliphatic hydroxyl groups excluding tert-OH is 5. The van der Waals surface area contributed by atoms with Gasteiger partial charge in [0.1, 0.15) is 24.4 Å². The summed E-state index contributed by atoms with van der Waals surface area (Å²) in [6.45, 7) is 3.71. The predicted molar refractivity (Wildman–Crippen MR) is 212 cm³/mol. The van der Waals surface area contributed by atoms with Gasteiger partial charge in [0.25, 0.3) is 0 Å². The lowest BCUT2D eigenvalue weighted by molar-refractivity contribution is -0.302. The van der Waals surface area contributed by atoms with Crippen LogP contribution in [0.5, 0.6) is 0 Å². The van der Waals surface area contributed by atoms with E-state index in [1.54, 1.807) is 6.08 Å². The van der Waals surface area contributed by atoms with Crippen molar-refractivity contribution in [3.05, 3.63) is 36.5 Å². The monoisotopic (exact) mass is 738 g/mol. The number of ether oxygens (including phenoxy) is 2. The fraction of sp³-hybridized carbons (Fsp3) is 0.837. The maximum Gasteiger partial charge on any atom is 0.220 e. The average Bonchev–Trinajstić information content (AvgIpc) is 3.14. The van der Waals surface area contributed by atoms with Gasteiger partial charge < -0.3 is 40.3 Å². The number of rotatable bonds is 34. The lowest BCUT2D eigenvalue weighted by Gasteiger charge is -2.40. The first-order valence-electron chi connectivity index (χ1n) is 21.2. The second-order valence-corrected chi connectivity index (χ2v) is 14.8. The Morgan fingerprint density at radius 2 is 1.12 bits per heavy atom. The van der Waals surface area contributed by atoms with Gasteiger partial charge in [-0.15, -0.1) is 0 Å². The van der Waals surface area contributed by atoms with Crippen molar-refractivity contribution >= 4 is 5.91 Å². The zero-order valence-electron chi connectivity index (χ0n) is 33.1. The van der Waals surface area contributed by atoms with Crippen LogP contribution >= 0.6 is 0 Å². The topological polar surface area (TPSA) is 149 Å². The van der Waals surface area contributed by atoms with Crippen molar-refractivity contribution in [2.75, 3.05) is 13.2 Å². The summed E-state index contributed by atoms with van der Waals surface area (Å²) in [6.07, 6.45) is 33.2. The molecule has 0 aliphatic carbocycles. The highest BCUT2D eigenvalue weighted by Gasteiger charge is 2.44. The lowest BCUT2D eigenvalue weighted by atomic mass is 9.99. The fourth-order valence-corrected chi connectivity index (χ4v) is 6.50. The zero-order valence-corrected chi connectivity index (χ0v) is 33.1. The molecule has 0 aromatic carbocycles. The third kappa shape index (κ3) is 24.7. The summed E-state index contributed by atoms with van der Waals surface area (Å²) in [5.41, 5.74) is 0. The number of hydrogen-bond acceptors (Lipinski definition) is 8. The van der Waals surface area contributed by atoms with Gasteiger partial charge in [0.15, 0.2) is 6.29 Å². The molecule has 52 heavy (non-hydrogen) atoms. The standard InChI is InChI=1S/C43H79NO8/c1-3-5-7-9-11-13-15-17-19-21-23-25-27-29-31-33-39(47)44-36(35-51-43-42(50)41(49)40(48)38(34-45)52-43)37(46)32-30-28-26-24-22-20-18-16-14-12-10-8-6-4-2/h11,13,15,17,30,32,36-38,40-43,45-46,48-50H,3-10,12,14,16,18-29,31,33-35H2,1-2H3,(H,44,47)/b13-11-,17-15-,32-30+. The van der Waals surface area contributed by atoms with Crippen molar-refractivity contribution in [1.29, 1.82) is 0 Å². The normalized spacial score (nSPS) is 22.2. The molecule has 6 N–H and O–H groups in total. The number of amides is 1. The van der Waals surface area contributed by atoms with Crippen LogP contribution in [0.3, 0.4) is 0 Å². The van der Waals surface area contributed by atoms with Crippen LogP contribution in [0.2, 0.25) is 0 Å². The summed E-state index contributed by atoms with van der Waals surface area (Å²) in [5, 5.41) is 54.0. The van der Waals surface area contributed by atoms with E-state index in [1.807, 2.05) is 6.08 Å². The van der Waals surface area contributed by atoms with Gasteiger partial charge in [0.05, 0.1) is 25.4 Å². The molecule has 0 saturated carbocycles. The van der Waals surface area contributed by atoms with E-state index in [-0.39, 0.29) is 12.5 Å². The number of carbonyl (C=O) groups is 1. The second kappa shape index (κ2) is 33.9. The lowest BCUT2D eigenvalue weighted by Crippen LogP contribution is -2.60. The van der Waals surface area contributed by atoms with E-state index in [0.717, 1.165) is 57.8 Å². The first-order chi connectivity index (χ1) is 25.3. The number of allylic oxidation sites excluding steroid dienone is 5. The molecule has 0 radical (unpaired) electrons. The van der Waals surface area contributed by atoms with Crippen LogP contribution in [0.15, 0.2) is 36.5 Å². The van der Waals surface area contributed by atoms with Gasteiger partial charge in [0, 0.05) is 6.42 Å². The highest BCUT2D eigenvalue weighted by Crippen LogP contribution is 2.22. The minimum absolute atomic E-state index is 0.191. The SMILES string of the molecule is CCCCC/C=C\C=C/CCCCCCCCC(=O)NC(COC1OC(CO)C(O)C(O)C1O)C(O)/C=C/CCCCCCCCCCCCCC. The summed E-state index contributed by atoms with van der Waals surface area (Å²) >= 11 is 0. The quantitative estimate of drug-likeness (QED) is 0.0221. The van der Waals surface area contributed by atoms with Crippen LogP contribution in [-0.2, 0) is 14.3 Å². The van der Waals surface area contributed by atoms with Crippen LogP contribution in [0.1, 0.15) is 174 Å². The van der Waals surface area contributed by atoms with Crippen molar-refractivity contribution in [2.24, 2.45) is 0 Å². The molecule has 1 aliphatic heterocycles. The van der Waals surface area contributed by atoms with Gasteiger partial charge in [-0.05, 0) is 44.9 Å². The smallest absolute Gasteiger partial charge is 0.220 e. The van der Waals surface area contributed by atoms with E-state index in [1.165, 1.54) is 96.3 Å². The number of aliphatic hydroxyl groups is 5. The highest BCUT2D eigenvalue weighted by molar-refractivity contribution is 5.76. The molecule has 9 heteroatoms. The molecule has 0 aromatic rings. The molecule has 1 saturated heterocycles. The van der Waals surface area contributed by atoms with E-state index in [0.29, 0.717) is 6.42 Å². The van der Waals surface area contributed by atoms with Crippen LogP contribution in [-0.4, -0.2) is 87.5 Å². The molecule has 7 atom stereocenters. The van der Waals surface area contributed by atoms with Crippen LogP contribution in [0.25, 0.3) is 0 Å². The molecule has 0 spiro atoms. The van der Waals surface area contributed by atoms with Gasteiger partial charge >= 0.3 is 0 Å². The van der Waals surface area contributed by atoms with Gasteiger partial charge in [-0.3, -0.25) is 4.79 Å². The fourth-order valence-electron chi connectivity index (χ4n) is 6.50. The van der Waals surface area contributed by atoms with E-state index in [2.05, 4.69) is 43.5 Å². The Balaban J connectivity index is 2.42. The molecule has 304 valence electrons. The molecule has 7 unspecified atom stereocenters. The number of unbranched alkanes of at least 4 members (excludes halogenated alkanes) is 21. The van der Waals surface area contributed by atoms with Gasteiger partial charge in [-0.2, -0.15) is 0 Å². The molecule has 9 nitrogen and oxygen atoms in total. The molecule has 1 heterocycles. The number of hydrogen-bond donors (Lipinski definition) is 6. The highest BCUT2D eigenvalue weighted by atomic mass is 16.7. The molecule has 0 bridgehead atoms. The van der Waals surface area contributed by atoms with Crippen molar-refractivity contribution in [1.82, 2.24) is 5.32 Å². The van der Waals surface area contributed by atoms with Crippen molar-refractivity contribution in [3.8, 4) is 0 Å². The van der Waals surface area contributed by atoms with E-state index < -0.39 is 49.5 Å². The second-order valence-electron chi connectivity index (χ2n) is 14.8. The Labute approximate surface area is 317 Å². The van der Waals surface area contributed by atoms with E-state index in [9.17, 15) is 30.3 Å². The molecule has 1 rings (SSSR count). The Morgan fingerprint density at radius 3 is 1.65 bits per heavy atom. The van der Waals surface area contributed by atoms with Crippen LogP contribution < -0.4 is 5.32 Å². The maximum atomic E-state index is 12.9. The molecular weight excluding hydrogens is 658 g/mol. The van der Waals surface area contributed by atoms with E-state index >= 15 is 0 Å². The van der Waals surface area contributed by atoms with Crippen molar-refractivity contribution in [2.45, 2.75) is 217 Å². The minimum Gasteiger partial charge on any atom is -0.394 e. The van der Waals surface area contributed by atoms with Crippen LogP contribution in [0.4, 0.5) is 0 Å². The summed E-state index contributed by atoms with van der Waals surface area (Å²) in [7, 11) is 0.